The van der Waals surface area contributed by atoms with E-state index in [1.54, 1.807) is 10.9 Å². The number of ether oxygens (including phenoxy) is 1. The summed E-state index contributed by atoms with van der Waals surface area (Å²) in [5, 5.41) is 6.18. The van der Waals surface area contributed by atoms with Crippen molar-refractivity contribution in [3.63, 3.8) is 0 Å². The highest BCUT2D eigenvalue weighted by Gasteiger charge is 2.38. The van der Waals surface area contributed by atoms with Gasteiger partial charge in [-0.15, -0.1) is 0 Å². The van der Waals surface area contributed by atoms with E-state index in [1.807, 2.05) is 18.7 Å². The van der Waals surface area contributed by atoms with Crippen LogP contribution in [0.25, 0.3) is 0 Å². The average Bonchev–Trinajstić information content (AvgIpc) is 3.04. The second kappa shape index (κ2) is 5.63. The maximum Gasteiger partial charge on any atom is 0.343 e. The van der Waals surface area contributed by atoms with Crippen LogP contribution in [0.2, 0.25) is 0 Å². The molecule has 7 heteroatoms. The van der Waals surface area contributed by atoms with Crippen LogP contribution in [0.15, 0.2) is 11.1 Å². The van der Waals surface area contributed by atoms with Crippen molar-refractivity contribution in [1.82, 2.24) is 19.7 Å². The number of hydrogen-bond acceptors (Lipinski definition) is 4. The minimum atomic E-state index is -0.175. The predicted molar refractivity (Wildman–Crippen MR) is 75.8 cm³/mol. The highest BCUT2D eigenvalue weighted by Crippen LogP contribution is 2.30. The quantitative estimate of drug-likeness (QED) is 0.863. The Kier molecular flexibility index (Phi) is 3.84. The summed E-state index contributed by atoms with van der Waals surface area (Å²) < 4.78 is 7.31. The number of aromatic nitrogens is 3. The summed E-state index contributed by atoms with van der Waals surface area (Å²) in [7, 11) is 0. The molecule has 1 aromatic rings. The first-order valence-electron chi connectivity index (χ1n) is 7.62. The maximum atomic E-state index is 12.6. The molecule has 3 heterocycles. The van der Waals surface area contributed by atoms with Gasteiger partial charge in [0, 0.05) is 19.1 Å². The third-order valence-corrected chi connectivity index (χ3v) is 4.66. The molecule has 2 saturated heterocycles. The summed E-state index contributed by atoms with van der Waals surface area (Å²) in [5.41, 5.74) is -0.175. The van der Waals surface area contributed by atoms with E-state index < -0.39 is 0 Å². The first-order chi connectivity index (χ1) is 10.1. The summed E-state index contributed by atoms with van der Waals surface area (Å²) in [6, 6.07) is 0.136. The summed E-state index contributed by atoms with van der Waals surface area (Å²) >= 11 is 0. The zero-order chi connectivity index (χ0) is 15.0. The molecule has 2 aliphatic heterocycles. The lowest BCUT2D eigenvalue weighted by Crippen LogP contribution is -2.44. The molecule has 3 unspecified atom stereocenters. The zero-order valence-electron chi connectivity index (χ0n) is 12.5. The van der Waals surface area contributed by atoms with Crippen molar-refractivity contribution in [2.45, 2.75) is 51.4 Å². The van der Waals surface area contributed by atoms with E-state index in [0.717, 1.165) is 19.3 Å². The van der Waals surface area contributed by atoms with Gasteiger partial charge in [-0.1, -0.05) is 0 Å². The molecule has 7 nitrogen and oxygen atoms in total. The Morgan fingerprint density at radius 2 is 2.10 bits per heavy atom. The van der Waals surface area contributed by atoms with E-state index in [4.69, 9.17) is 4.74 Å². The highest BCUT2D eigenvalue weighted by atomic mass is 16.5. The monoisotopic (exact) mass is 294 g/mol. The van der Waals surface area contributed by atoms with Crippen molar-refractivity contribution in [3.05, 3.63) is 16.8 Å². The molecule has 116 valence electrons. The number of nitrogens with one attached hydrogen (secondary N) is 1. The van der Waals surface area contributed by atoms with E-state index in [1.165, 1.54) is 0 Å². The van der Waals surface area contributed by atoms with Gasteiger partial charge < -0.3 is 9.64 Å². The van der Waals surface area contributed by atoms with Crippen LogP contribution in [0.5, 0.6) is 0 Å². The number of rotatable bonds is 2. The largest absolute Gasteiger partial charge is 0.375 e. The van der Waals surface area contributed by atoms with Gasteiger partial charge in [-0.3, -0.25) is 9.36 Å². The van der Waals surface area contributed by atoms with E-state index in [2.05, 4.69) is 10.2 Å². The molecule has 3 rings (SSSR count). The van der Waals surface area contributed by atoms with Gasteiger partial charge in [0.15, 0.2) is 0 Å². The first kappa shape index (κ1) is 14.3. The molecule has 0 radical (unpaired) electrons. The minimum Gasteiger partial charge on any atom is -0.375 e. The normalized spacial score (nSPS) is 30.8. The van der Waals surface area contributed by atoms with E-state index in [-0.39, 0.29) is 35.8 Å². The fraction of sp³-hybridized carbons (Fsp3) is 0.786. The number of H-pyrrole nitrogens is 1. The lowest BCUT2D eigenvalue weighted by atomic mass is 9.96. The number of piperidine rings is 1. The molecule has 0 aliphatic carbocycles. The first-order valence-corrected chi connectivity index (χ1v) is 7.62. The fourth-order valence-electron chi connectivity index (χ4n) is 3.48. The van der Waals surface area contributed by atoms with Gasteiger partial charge >= 0.3 is 5.69 Å². The van der Waals surface area contributed by atoms with E-state index in [9.17, 15) is 9.59 Å². The third-order valence-electron chi connectivity index (χ3n) is 4.66. The van der Waals surface area contributed by atoms with Gasteiger partial charge in [0.1, 0.15) is 6.33 Å². The molecule has 21 heavy (non-hydrogen) atoms. The van der Waals surface area contributed by atoms with Crippen molar-refractivity contribution in [3.8, 4) is 0 Å². The van der Waals surface area contributed by atoms with Gasteiger partial charge in [0.2, 0.25) is 5.91 Å². The molecule has 0 bridgehead atoms. The van der Waals surface area contributed by atoms with Gasteiger partial charge in [-0.05, 0) is 33.1 Å². The summed E-state index contributed by atoms with van der Waals surface area (Å²) in [4.78, 5) is 26.1. The van der Waals surface area contributed by atoms with Gasteiger partial charge in [0.05, 0.1) is 18.1 Å². The second-order valence-corrected chi connectivity index (χ2v) is 6.12. The third kappa shape index (κ3) is 2.74. The number of likely N-dealkylation sites (tertiary alicyclic amines) is 1. The molecule has 1 N–H and O–H groups in total. The molecule has 0 saturated carbocycles. The highest BCUT2D eigenvalue weighted by molar-refractivity contribution is 5.79. The molecule has 2 fully saturated rings. The topological polar surface area (TPSA) is 80.2 Å². The number of amides is 1. The van der Waals surface area contributed by atoms with Crippen LogP contribution in [0.4, 0.5) is 0 Å². The lowest BCUT2D eigenvalue weighted by molar-refractivity contribution is -0.138. The fourth-order valence-corrected chi connectivity index (χ4v) is 3.48. The van der Waals surface area contributed by atoms with Crippen LogP contribution < -0.4 is 5.69 Å². The van der Waals surface area contributed by atoms with Gasteiger partial charge in [-0.2, -0.15) is 5.10 Å². The Hall–Kier alpha value is -1.63. The SMILES string of the molecule is CC1CC(C(=O)N2CCC(n3cn[nH]c3=O)CC2)C(C)O1. The molecule has 2 aliphatic rings. The number of carbonyl (C=O) groups is 1. The Balaban J connectivity index is 1.60. The number of nitrogens with zero attached hydrogens (tertiary/aromatic N) is 3. The predicted octanol–water partition coefficient (Wildman–Crippen LogP) is 0.548. The molecule has 0 aromatic carbocycles. The number of carbonyl (C=O) groups excluding carboxylic acids is 1. The molecule has 0 spiro atoms. The smallest absolute Gasteiger partial charge is 0.343 e. The van der Waals surface area contributed by atoms with Crippen molar-refractivity contribution in [1.29, 1.82) is 0 Å². The van der Waals surface area contributed by atoms with Crippen molar-refractivity contribution < 1.29 is 9.53 Å². The lowest BCUT2D eigenvalue weighted by Gasteiger charge is -2.34. The Morgan fingerprint density at radius 1 is 1.38 bits per heavy atom. The molecular formula is C14H22N4O3. The molecule has 1 aromatic heterocycles. The standard InChI is InChI=1S/C14H22N4O3/c1-9-7-12(10(2)21-9)13(19)17-5-3-11(4-6-17)18-8-15-16-14(18)20/h8-12H,3-7H2,1-2H3,(H,16,20). The van der Waals surface area contributed by atoms with Gasteiger partial charge in [0.25, 0.3) is 0 Å². The van der Waals surface area contributed by atoms with Crippen LogP contribution >= 0.6 is 0 Å². The second-order valence-electron chi connectivity index (χ2n) is 6.12. The summed E-state index contributed by atoms with van der Waals surface area (Å²) in [6.07, 6.45) is 4.10. The molecule has 1 amide bonds. The number of hydrogen-bond donors (Lipinski definition) is 1. The Morgan fingerprint density at radius 3 is 2.62 bits per heavy atom. The maximum absolute atomic E-state index is 12.6. The van der Waals surface area contributed by atoms with Crippen molar-refractivity contribution in [2.24, 2.45) is 5.92 Å². The van der Waals surface area contributed by atoms with Crippen LogP contribution in [-0.2, 0) is 9.53 Å². The molecular weight excluding hydrogens is 272 g/mol. The Labute approximate surface area is 123 Å². The van der Waals surface area contributed by atoms with Crippen molar-refractivity contribution in [2.75, 3.05) is 13.1 Å². The van der Waals surface area contributed by atoms with Crippen molar-refractivity contribution >= 4 is 5.91 Å². The van der Waals surface area contributed by atoms with E-state index in [0.29, 0.717) is 13.1 Å². The van der Waals surface area contributed by atoms with Crippen LogP contribution in [-0.4, -0.2) is 50.9 Å². The Bertz CT molecular complexity index is 559. The summed E-state index contributed by atoms with van der Waals surface area (Å²) in [5.74, 6) is 0.179. The number of aromatic amines is 1. The van der Waals surface area contributed by atoms with Crippen LogP contribution in [0, 0.1) is 5.92 Å². The van der Waals surface area contributed by atoms with Crippen LogP contribution in [0.3, 0.4) is 0 Å². The van der Waals surface area contributed by atoms with Gasteiger partial charge in [-0.25, -0.2) is 9.89 Å². The average molecular weight is 294 g/mol. The molecule has 3 atom stereocenters. The minimum absolute atomic E-state index is 0.00159. The summed E-state index contributed by atoms with van der Waals surface area (Å²) in [6.45, 7) is 5.38. The van der Waals surface area contributed by atoms with E-state index >= 15 is 0 Å². The zero-order valence-corrected chi connectivity index (χ0v) is 12.5. The van der Waals surface area contributed by atoms with Crippen LogP contribution in [0.1, 0.15) is 39.2 Å².